The summed E-state index contributed by atoms with van der Waals surface area (Å²) in [6, 6.07) is 9.52. The molecule has 1 fully saturated rings. The van der Waals surface area contributed by atoms with Crippen molar-refractivity contribution in [2.45, 2.75) is 26.3 Å². The molecule has 1 amide bonds. The second kappa shape index (κ2) is 7.52. The summed E-state index contributed by atoms with van der Waals surface area (Å²) in [4.78, 5) is 23.5. The third-order valence-corrected chi connectivity index (χ3v) is 5.11. The number of carbonyl (C=O) groups is 1. The Labute approximate surface area is 162 Å². The number of aromatic nitrogens is 4. The number of rotatable bonds is 4. The van der Waals surface area contributed by atoms with E-state index in [4.69, 9.17) is 11.6 Å². The molecular formula is C19H21ClN6O. The van der Waals surface area contributed by atoms with E-state index >= 15 is 0 Å². The molecule has 3 heterocycles. The van der Waals surface area contributed by atoms with Crippen molar-refractivity contribution < 1.29 is 4.79 Å². The van der Waals surface area contributed by atoms with Crippen LogP contribution in [0.1, 0.15) is 24.1 Å². The van der Waals surface area contributed by atoms with Gasteiger partial charge in [0.1, 0.15) is 12.1 Å². The topological polar surface area (TPSA) is 75.4 Å². The van der Waals surface area contributed by atoms with Gasteiger partial charge in [-0.3, -0.25) is 4.79 Å². The fraction of sp³-hybridized carbons (Fsp3) is 0.368. The number of halogens is 1. The molecular weight excluding hydrogens is 364 g/mol. The summed E-state index contributed by atoms with van der Waals surface area (Å²) in [5.41, 5.74) is 1.93. The molecule has 3 aromatic rings. The molecule has 0 bridgehead atoms. The number of nitrogens with zero attached hydrogens (tertiary/aromatic N) is 5. The number of hydrogen-bond acceptors (Lipinski definition) is 5. The van der Waals surface area contributed by atoms with E-state index in [9.17, 15) is 4.79 Å². The summed E-state index contributed by atoms with van der Waals surface area (Å²) in [5, 5.41) is 8.02. The minimum atomic E-state index is -0.0573. The molecule has 8 heteroatoms. The lowest BCUT2D eigenvalue weighted by Crippen LogP contribution is -2.43. The van der Waals surface area contributed by atoms with Gasteiger partial charge in [0.15, 0.2) is 0 Å². The minimum absolute atomic E-state index is 0.0573. The Morgan fingerprint density at radius 2 is 2.15 bits per heavy atom. The predicted molar refractivity (Wildman–Crippen MR) is 104 cm³/mol. The second-order valence-corrected chi connectivity index (χ2v) is 7.29. The van der Waals surface area contributed by atoms with Gasteiger partial charge in [-0.15, -0.1) is 0 Å². The highest BCUT2D eigenvalue weighted by atomic mass is 35.5. The molecule has 140 valence electrons. The van der Waals surface area contributed by atoms with Crippen LogP contribution in [0.5, 0.6) is 0 Å². The standard InChI is InChI=1S/C19H21ClN6O/c1-13-9-17(26-19(24-13)22-12-23-26)25-8-2-3-15(11-25)18(27)21-10-14-4-6-16(20)7-5-14/h4-7,9,12,15H,2-3,8,10-11H2,1H3,(H,21,27). The van der Waals surface area contributed by atoms with Gasteiger partial charge in [0.2, 0.25) is 5.91 Å². The van der Waals surface area contributed by atoms with Gasteiger partial charge in [0.25, 0.3) is 5.78 Å². The van der Waals surface area contributed by atoms with Crippen LogP contribution in [0.4, 0.5) is 5.82 Å². The van der Waals surface area contributed by atoms with Crippen LogP contribution in [0.15, 0.2) is 36.7 Å². The van der Waals surface area contributed by atoms with Crippen LogP contribution in [-0.4, -0.2) is 38.6 Å². The molecule has 0 aliphatic carbocycles. The number of carbonyl (C=O) groups excluding carboxylic acids is 1. The molecule has 4 rings (SSSR count). The van der Waals surface area contributed by atoms with Gasteiger partial charge in [-0.25, -0.2) is 4.98 Å². The lowest BCUT2D eigenvalue weighted by molar-refractivity contribution is -0.125. The molecule has 1 aliphatic rings. The monoisotopic (exact) mass is 384 g/mol. The minimum Gasteiger partial charge on any atom is -0.356 e. The first kappa shape index (κ1) is 17.7. The van der Waals surface area contributed by atoms with E-state index in [-0.39, 0.29) is 11.8 Å². The van der Waals surface area contributed by atoms with E-state index in [1.54, 1.807) is 4.52 Å². The normalized spacial score (nSPS) is 17.3. The first-order valence-corrected chi connectivity index (χ1v) is 9.42. The maximum atomic E-state index is 12.7. The van der Waals surface area contributed by atoms with Crippen molar-refractivity contribution in [2.75, 3.05) is 18.0 Å². The van der Waals surface area contributed by atoms with Gasteiger partial charge in [0.05, 0.1) is 5.92 Å². The summed E-state index contributed by atoms with van der Waals surface area (Å²) in [6.07, 6.45) is 3.34. The Balaban J connectivity index is 1.45. The zero-order chi connectivity index (χ0) is 18.8. The number of fused-ring (bicyclic) bond motifs is 1. The van der Waals surface area contributed by atoms with Crippen molar-refractivity contribution in [2.24, 2.45) is 5.92 Å². The molecule has 1 N–H and O–H groups in total. The average Bonchev–Trinajstić information content (AvgIpc) is 3.15. The van der Waals surface area contributed by atoms with Gasteiger partial charge >= 0.3 is 0 Å². The lowest BCUT2D eigenvalue weighted by Gasteiger charge is -2.33. The smallest absolute Gasteiger partial charge is 0.254 e. The maximum absolute atomic E-state index is 12.7. The van der Waals surface area contributed by atoms with Crippen LogP contribution in [0, 0.1) is 12.8 Å². The van der Waals surface area contributed by atoms with Crippen molar-refractivity contribution >= 4 is 29.1 Å². The Morgan fingerprint density at radius 3 is 2.96 bits per heavy atom. The Morgan fingerprint density at radius 1 is 1.33 bits per heavy atom. The van der Waals surface area contributed by atoms with E-state index in [1.807, 2.05) is 37.3 Å². The third kappa shape index (κ3) is 3.88. The van der Waals surface area contributed by atoms with E-state index in [2.05, 4.69) is 25.3 Å². The van der Waals surface area contributed by atoms with Crippen molar-refractivity contribution in [3.05, 3.63) is 52.9 Å². The Hall–Kier alpha value is -2.67. The second-order valence-electron chi connectivity index (χ2n) is 6.86. The fourth-order valence-electron chi connectivity index (χ4n) is 3.47. The molecule has 1 atom stereocenters. The number of aryl methyl sites for hydroxylation is 1. The summed E-state index contributed by atoms with van der Waals surface area (Å²) < 4.78 is 1.74. The molecule has 1 saturated heterocycles. The highest BCUT2D eigenvalue weighted by Gasteiger charge is 2.27. The number of hydrogen-bond donors (Lipinski definition) is 1. The molecule has 0 spiro atoms. The number of amides is 1. The lowest BCUT2D eigenvalue weighted by atomic mass is 9.97. The molecule has 7 nitrogen and oxygen atoms in total. The van der Waals surface area contributed by atoms with Crippen LogP contribution < -0.4 is 10.2 Å². The van der Waals surface area contributed by atoms with Crippen LogP contribution in [0.3, 0.4) is 0 Å². The van der Waals surface area contributed by atoms with Gasteiger partial charge in [0, 0.05) is 36.4 Å². The zero-order valence-electron chi connectivity index (χ0n) is 15.1. The van der Waals surface area contributed by atoms with E-state index < -0.39 is 0 Å². The highest BCUT2D eigenvalue weighted by molar-refractivity contribution is 6.30. The molecule has 27 heavy (non-hydrogen) atoms. The summed E-state index contributed by atoms with van der Waals surface area (Å²) >= 11 is 5.91. The average molecular weight is 385 g/mol. The summed E-state index contributed by atoms with van der Waals surface area (Å²) in [7, 11) is 0. The molecule has 1 aromatic carbocycles. The number of piperidine rings is 1. The van der Waals surface area contributed by atoms with Crippen molar-refractivity contribution in [1.29, 1.82) is 0 Å². The summed E-state index contributed by atoms with van der Waals surface area (Å²) in [5.74, 6) is 1.54. The quantitative estimate of drug-likeness (QED) is 0.748. The van der Waals surface area contributed by atoms with Crippen LogP contribution >= 0.6 is 11.6 Å². The molecule has 1 unspecified atom stereocenters. The first-order valence-electron chi connectivity index (χ1n) is 9.04. The van der Waals surface area contributed by atoms with Crippen LogP contribution in [0.2, 0.25) is 5.02 Å². The predicted octanol–water partition coefficient (Wildman–Crippen LogP) is 2.62. The Bertz CT molecular complexity index is 954. The van der Waals surface area contributed by atoms with Gasteiger partial charge in [-0.1, -0.05) is 23.7 Å². The van der Waals surface area contributed by atoms with Crippen molar-refractivity contribution in [3.8, 4) is 0 Å². The van der Waals surface area contributed by atoms with E-state index in [1.165, 1.54) is 6.33 Å². The molecule has 1 aliphatic heterocycles. The van der Waals surface area contributed by atoms with E-state index in [0.717, 1.165) is 36.5 Å². The third-order valence-electron chi connectivity index (χ3n) is 4.86. The number of anilines is 1. The van der Waals surface area contributed by atoms with Gasteiger partial charge in [-0.2, -0.15) is 14.6 Å². The largest absolute Gasteiger partial charge is 0.356 e. The van der Waals surface area contributed by atoms with Crippen molar-refractivity contribution in [3.63, 3.8) is 0 Å². The highest BCUT2D eigenvalue weighted by Crippen LogP contribution is 2.24. The first-order chi connectivity index (χ1) is 13.1. The van der Waals surface area contributed by atoms with Crippen LogP contribution in [0.25, 0.3) is 5.78 Å². The van der Waals surface area contributed by atoms with Gasteiger partial charge in [-0.05, 0) is 37.5 Å². The zero-order valence-corrected chi connectivity index (χ0v) is 15.9. The van der Waals surface area contributed by atoms with Crippen LogP contribution in [-0.2, 0) is 11.3 Å². The SMILES string of the molecule is Cc1cc(N2CCCC(C(=O)NCc3ccc(Cl)cc3)C2)n2ncnc2n1. The fourth-order valence-corrected chi connectivity index (χ4v) is 3.60. The van der Waals surface area contributed by atoms with Crippen molar-refractivity contribution in [1.82, 2.24) is 24.9 Å². The molecule has 0 saturated carbocycles. The number of nitrogens with one attached hydrogen (secondary N) is 1. The molecule has 0 radical (unpaired) electrons. The Kier molecular flexibility index (Phi) is 4.94. The molecule has 2 aromatic heterocycles. The number of benzene rings is 1. The van der Waals surface area contributed by atoms with Gasteiger partial charge < -0.3 is 10.2 Å². The van der Waals surface area contributed by atoms with E-state index in [0.29, 0.717) is 23.9 Å². The summed E-state index contributed by atoms with van der Waals surface area (Å²) in [6.45, 7) is 4.00. The maximum Gasteiger partial charge on any atom is 0.254 e.